The van der Waals surface area contributed by atoms with Gasteiger partial charge in [-0.1, -0.05) is 12.1 Å². The van der Waals surface area contributed by atoms with Gasteiger partial charge in [-0.3, -0.25) is 4.79 Å². The van der Waals surface area contributed by atoms with Gasteiger partial charge >= 0.3 is 0 Å². The summed E-state index contributed by atoms with van der Waals surface area (Å²) in [5, 5.41) is 0. The Morgan fingerprint density at radius 3 is 2.38 bits per heavy atom. The van der Waals surface area contributed by atoms with E-state index in [4.69, 9.17) is 5.73 Å². The number of nitrogen functional groups attached to an aromatic ring is 1. The molecule has 1 aromatic rings. The van der Waals surface area contributed by atoms with Crippen LogP contribution < -0.4 is 5.73 Å². The quantitative estimate of drug-likeness (QED) is 0.864. The van der Waals surface area contributed by atoms with E-state index >= 15 is 0 Å². The molecule has 0 saturated heterocycles. The largest absolute Gasteiger partial charge is 0.399 e. The number of hydrogen-bond donors (Lipinski definition) is 1. The lowest BCUT2D eigenvalue weighted by Crippen LogP contribution is -2.33. The third-order valence-corrected chi connectivity index (χ3v) is 6.07. The molecule has 0 aliphatic heterocycles. The normalized spacial score (nSPS) is 35.6. The molecule has 2 bridgehead atoms. The Balaban J connectivity index is 1.44. The highest BCUT2D eigenvalue weighted by molar-refractivity contribution is 5.83. The standard InChI is InChI=1S/C18H24N2O/c1-2-20(10-11-3-7-14(19)8-4-11)18(21)17-15-12-5-6-13(9-12)16(15)17/h3-4,7-8,12-13,15-17H,2,5-6,9-10,19H2,1H3. The molecule has 3 aliphatic rings. The second-order valence-electron chi connectivity index (χ2n) is 7.11. The van der Waals surface area contributed by atoms with Gasteiger partial charge in [0.15, 0.2) is 0 Å². The summed E-state index contributed by atoms with van der Waals surface area (Å²) < 4.78 is 0. The Bertz CT molecular complexity index is 537. The molecule has 3 nitrogen and oxygen atoms in total. The summed E-state index contributed by atoms with van der Waals surface area (Å²) in [6.45, 7) is 3.61. The molecule has 0 heterocycles. The van der Waals surface area contributed by atoms with E-state index in [9.17, 15) is 4.79 Å². The lowest BCUT2D eigenvalue weighted by atomic mass is 10.0. The van der Waals surface area contributed by atoms with Crippen molar-refractivity contribution in [2.24, 2.45) is 29.6 Å². The number of anilines is 1. The van der Waals surface area contributed by atoms with Crippen molar-refractivity contribution in [1.29, 1.82) is 0 Å². The predicted octanol–water partition coefficient (Wildman–Crippen LogP) is 2.91. The van der Waals surface area contributed by atoms with Crippen molar-refractivity contribution in [3.8, 4) is 0 Å². The zero-order chi connectivity index (χ0) is 14.6. The maximum absolute atomic E-state index is 12.8. The summed E-state index contributed by atoms with van der Waals surface area (Å²) in [7, 11) is 0. The monoisotopic (exact) mass is 284 g/mol. The molecule has 2 N–H and O–H groups in total. The van der Waals surface area contributed by atoms with E-state index in [0.717, 1.165) is 42.4 Å². The lowest BCUT2D eigenvalue weighted by molar-refractivity contribution is -0.134. The van der Waals surface area contributed by atoms with Gasteiger partial charge in [-0.2, -0.15) is 0 Å². The van der Waals surface area contributed by atoms with Crippen LogP contribution in [0.15, 0.2) is 24.3 Å². The summed E-state index contributed by atoms with van der Waals surface area (Å²) in [6, 6.07) is 7.89. The molecule has 3 fully saturated rings. The summed E-state index contributed by atoms with van der Waals surface area (Å²) in [5.41, 5.74) is 7.68. The summed E-state index contributed by atoms with van der Waals surface area (Å²) in [4.78, 5) is 14.9. The van der Waals surface area contributed by atoms with Crippen LogP contribution in [0, 0.1) is 29.6 Å². The van der Waals surface area contributed by atoms with Gasteiger partial charge < -0.3 is 10.6 Å². The van der Waals surface area contributed by atoms with Gasteiger partial charge in [-0.25, -0.2) is 0 Å². The van der Waals surface area contributed by atoms with Crippen molar-refractivity contribution < 1.29 is 4.79 Å². The van der Waals surface area contributed by atoms with Gasteiger partial charge in [-0.05, 0) is 67.6 Å². The summed E-state index contributed by atoms with van der Waals surface area (Å²) >= 11 is 0. The van der Waals surface area contributed by atoms with E-state index < -0.39 is 0 Å². The molecule has 4 rings (SSSR count). The lowest BCUT2D eigenvalue weighted by Gasteiger charge is -2.23. The van der Waals surface area contributed by atoms with Crippen molar-refractivity contribution in [3.05, 3.63) is 29.8 Å². The first kappa shape index (κ1) is 13.2. The molecule has 0 spiro atoms. The Morgan fingerprint density at radius 1 is 1.19 bits per heavy atom. The molecule has 3 heteroatoms. The number of benzene rings is 1. The molecule has 4 unspecified atom stereocenters. The third kappa shape index (κ3) is 2.05. The third-order valence-electron chi connectivity index (χ3n) is 6.07. The second kappa shape index (κ2) is 4.75. The second-order valence-corrected chi connectivity index (χ2v) is 7.11. The predicted molar refractivity (Wildman–Crippen MR) is 83.2 cm³/mol. The fraction of sp³-hybridized carbons (Fsp3) is 0.611. The highest BCUT2D eigenvalue weighted by Crippen LogP contribution is 2.69. The van der Waals surface area contributed by atoms with Crippen molar-refractivity contribution in [2.75, 3.05) is 12.3 Å². The SMILES string of the molecule is CCN(Cc1ccc(N)cc1)C(=O)C1C2C3CCC(C3)C12. The van der Waals surface area contributed by atoms with Crippen LogP contribution in [-0.4, -0.2) is 17.4 Å². The van der Waals surface area contributed by atoms with Crippen LogP contribution in [0.3, 0.4) is 0 Å². The van der Waals surface area contributed by atoms with Crippen LogP contribution in [0.25, 0.3) is 0 Å². The molecule has 3 saturated carbocycles. The van der Waals surface area contributed by atoms with Crippen LogP contribution in [-0.2, 0) is 11.3 Å². The van der Waals surface area contributed by atoms with Crippen molar-refractivity contribution in [2.45, 2.75) is 32.7 Å². The maximum atomic E-state index is 12.8. The molecule has 0 aromatic heterocycles. The van der Waals surface area contributed by atoms with E-state index in [1.807, 2.05) is 29.2 Å². The summed E-state index contributed by atoms with van der Waals surface area (Å²) in [6.07, 6.45) is 4.16. The van der Waals surface area contributed by atoms with E-state index in [-0.39, 0.29) is 0 Å². The first-order valence-electron chi connectivity index (χ1n) is 8.32. The van der Waals surface area contributed by atoms with Gasteiger partial charge in [0.1, 0.15) is 0 Å². The van der Waals surface area contributed by atoms with Crippen LogP contribution in [0.2, 0.25) is 0 Å². The molecule has 1 aromatic carbocycles. The van der Waals surface area contributed by atoms with Crippen LogP contribution in [0.1, 0.15) is 31.7 Å². The van der Waals surface area contributed by atoms with Crippen molar-refractivity contribution >= 4 is 11.6 Å². The molecule has 0 radical (unpaired) electrons. The minimum Gasteiger partial charge on any atom is -0.399 e. The number of rotatable bonds is 4. The molecule has 21 heavy (non-hydrogen) atoms. The topological polar surface area (TPSA) is 46.3 Å². The number of nitrogens with zero attached hydrogens (tertiary/aromatic N) is 1. The van der Waals surface area contributed by atoms with Gasteiger partial charge in [-0.15, -0.1) is 0 Å². The fourth-order valence-corrected chi connectivity index (χ4v) is 5.06. The van der Waals surface area contributed by atoms with Gasteiger partial charge in [0.25, 0.3) is 0 Å². The number of nitrogens with two attached hydrogens (primary N) is 1. The Kier molecular flexibility index (Phi) is 2.98. The van der Waals surface area contributed by atoms with E-state index in [0.29, 0.717) is 11.8 Å². The molecular formula is C18H24N2O. The number of carbonyl (C=O) groups excluding carboxylic acids is 1. The van der Waals surface area contributed by atoms with E-state index in [2.05, 4.69) is 6.92 Å². The zero-order valence-electron chi connectivity index (χ0n) is 12.7. The number of fused-ring (bicyclic) bond motifs is 5. The molecule has 3 aliphatic carbocycles. The minimum absolute atomic E-state index is 0.352. The highest BCUT2D eigenvalue weighted by atomic mass is 16.2. The fourth-order valence-electron chi connectivity index (χ4n) is 5.06. The first-order valence-corrected chi connectivity index (χ1v) is 8.32. The smallest absolute Gasteiger partial charge is 0.226 e. The van der Waals surface area contributed by atoms with Gasteiger partial charge in [0.05, 0.1) is 0 Å². The zero-order valence-corrected chi connectivity index (χ0v) is 12.7. The number of hydrogen-bond acceptors (Lipinski definition) is 2. The molecule has 1 amide bonds. The minimum atomic E-state index is 0.352. The molecule has 112 valence electrons. The summed E-state index contributed by atoms with van der Waals surface area (Å²) in [5.74, 6) is 3.95. The average molecular weight is 284 g/mol. The van der Waals surface area contributed by atoms with Gasteiger partial charge in [0.2, 0.25) is 5.91 Å². The molecular weight excluding hydrogens is 260 g/mol. The van der Waals surface area contributed by atoms with Crippen molar-refractivity contribution in [1.82, 2.24) is 4.90 Å². The van der Waals surface area contributed by atoms with Crippen LogP contribution in [0.4, 0.5) is 5.69 Å². The van der Waals surface area contributed by atoms with Crippen molar-refractivity contribution in [3.63, 3.8) is 0 Å². The van der Waals surface area contributed by atoms with Crippen LogP contribution >= 0.6 is 0 Å². The Hall–Kier alpha value is -1.51. The Morgan fingerprint density at radius 2 is 1.81 bits per heavy atom. The number of amides is 1. The van der Waals surface area contributed by atoms with Gasteiger partial charge in [0, 0.05) is 24.7 Å². The average Bonchev–Trinajstić information content (AvgIpc) is 2.93. The van der Waals surface area contributed by atoms with E-state index in [1.54, 1.807) is 0 Å². The molecule has 4 atom stereocenters. The van der Waals surface area contributed by atoms with Crippen LogP contribution in [0.5, 0.6) is 0 Å². The number of carbonyl (C=O) groups is 1. The first-order chi connectivity index (χ1) is 10.2. The maximum Gasteiger partial charge on any atom is 0.226 e. The van der Waals surface area contributed by atoms with E-state index in [1.165, 1.54) is 24.8 Å². The highest BCUT2D eigenvalue weighted by Gasteiger charge is 2.67. The Labute approximate surface area is 126 Å².